The first-order chi connectivity index (χ1) is 6.34. The fraction of sp³-hybridized carbons (Fsp3) is 0.556. The van der Waals surface area contributed by atoms with Gasteiger partial charge >= 0.3 is 0 Å². The van der Waals surface area contributed by atoms with Gasteiger partial charge in [-0.05, 0) is 18.6 Å². The van der Waals surface area contributed by atoms with Gasteiger partial charge in [-0.2, -0.15) is 11.8 Å². The predicted molar refractivity (Wildman–Crippen MR) is 62.1 cm³/mol. The van der Waals surface area contributed by atoms with Crippen LogP contribution in [0.15, 0.2) is 12.1 Å². The van der Waals surface area contributed by atoms with Crippen LogP contribution in [0.3, 0.4) is 0 Å². The zero-order chi connectivity index (χ0) is 9.10. The molecule has 0 spiro atoms. The van der Waals surface area contributed by atoms with Crippen molar-refractivity contribution in [3.63, 3.8) is 0 Å². The van der Waals surface area contributed by atoms with Crippen molar-refractivity contribution in [2.75, 3.05) is 18.1 Å². The van der Waals surface area contributed by atoms with Crippen LogP contribution in [-0.4, -0.2) is 24.1 Å². The van der Waals surface area contributed by atoms with Crippen molar-refractivity contribution >= 4 is 34.7 Å². The third-order valence-electron chi connectivity index (χ3n) is 2.07. The number of rotatable bonds is 4. The first-order valence-electron chi connectivity index (χ1n) is 4.40. The van der Waals surface area contributed by atoms with Crippen LogP contribution in [0.1, 0.15) is 4.88 Å². The largest absolute Gasteiger partial charge is 0.312 e. The minimum atomic E-state index is 0.764. The highest BCUT2D eigenvalue weighted by Crippen LogP contribution is 2.22. The molecule has 0 radical (unpaired) electrons. The van der Waals surface area contributed by atoms with Crippen LogP contribution in [-0.2, 0) is 6.42 Å². The maximum absolute atomic E-state index is 5.84. The number of hydrogen-bond donors (Lipinski definition) is 1. The lowest BCUT2D eigenvalue weighted by Gasteiger charge is -2.25. The second kappa shape index (κ2) is 4.69. The summed E-state index contributed by atoms with van der Waals surface area (Å²) in [6.07, 6.45) is 1.11. The van der Waals surface area contributed by atoms with Crippen LogP contribution in [0.2, 0.25) is 4.34 Å². The highest BCUT2D eigenvalue weighted by atomic mass is 35.5. The average molecular weight is 234 g/mol. The molecule has 1 saturated heterocycles. The molecule has 1 nitrogen and oxygen atoms in total. The van der Waals surface area contributed by atoms with Crippen molar-refractivity contribution in [3.8, 4) is 0 Å². The van der Waals surface area contributed by atoms with E-state index >= 15 is 0 Å². The highest BCUT2D eigenvalue weighted by Gasteiger charge is 2.16. The molecule has 1 aromatic rings. The van der Waals surface area contributed by atoms with Crippen molar-refractivity contribution in [1.29, 1.82) is 0 Å². The molecule has 0 unspecified atom stereocenters. The van der Waals surface area contributed by atoms with Crippen molar-refractivity contribution in [2.24, 2.45) is 0 Å². The normalized spacial score (nSPS) is 17.3. The van der Waals surface area contributed by atoms with Crippen LogP contribution in [0.25, 0.3) is 0 Å². The van der Waals surface area contributed by atoms with E-state index in [1.54, 1.807) is 11.3 Å². The highest BCUT2D eigenvalue weighted by molar-refractivity contribution is 8.00. The second-order valence-electron chi connectivity index (χ2n) is 3.14. The van der Waals surface area contributed by atoms with Gasteiger partial charge in [-0.15, -0.1) is 11.3 Å². The van der Waals surface area contributed by atoms with Gasteiger partial charge in [-0.3, -0.25) is 0 Å². The second-order valence-corrected chi connectivity index (χ2v) is 6.02. The molecule has 4 heteroatoms. The third-order valence-corrected chi connectivity index (χ3v) is 4.64. The zero-order valence-electron chi connectivity index (χ0n) is 7.25. The molecule has 0 amide bonds. The topological polar surface area (TPSA) is 12.0 Å². The molecule has 2 heterocycles. The van der Waals surface area contributed by atoms with E-state index in [1.807, 2.05) is 17.8 Å². The van der Waals surface area contributed by atoms with E-state index in [9.17, 15) is 0 Å². The van der Waals surface area contributed by atoms with Gasteiger partial charge in [-0.25, -0.2) is 0 Å². The first kappa shape index (κ1) is 9.84. The molecular formula is C9H12ClNS2. The summed E-state index contributed by atoms with van der Waals surface area (Å²) in [5.41, 5.74) is 0. The molecule has 0 bridgehead atoms. The van der Waals surface area contributed by atoms with Gasteiger partial charge in [-0.1, -0.05) is 11.6 Å². The van der Waals surface area contributed by atoms with Crippen LogP contribution < -0.4 is 5.32 Å². The van der Waals surface area contributed by atoms with Gasteiger partial charge < -0.3 is 5.32 Å². The summed E-state index contributed by atoms with van der Waals surface area (Å²) in [6.45, 7) is 1.09. The van der Waals surface area contributed by atoms with Crippen molar-refractivity contribution in [1.82, 2.24) is 5.32 Å². The molecule has 0 aromatic carbocycles. The maximum Gasteiger partial charge on any atom is 0.0931 e. The maximum atomic E-state index is 5.84. The van der Waals surface area contributed by atoms with Gasteiger partial charge in [0.1, 0.15) is 0 Å². The Morgan fingerprint density at radius 2 is 2.31 bits per heavy atom. The van der Waals surface area contributed by atoms with E-state index in [0.29, 0.717) is 0 Å². The van der Waals surface area contributed by atoms with Gasteiger partial charge in [0.2, 0.25) is 0 Å². The summed E-state index contributed by atoms with van der Waals surface area (Å²) in [7, 11) is 0. The summed E-state index contributed by atoms with van der Waals surface area (Å²) in [5.74, 6) is 2.57. The van der Waals surface area contributed by atoms with Crippen LogP contribution in [0, 0.1) is 0 Å². The van der Waals surface area contributed by atoms with Crippen molar-refractivity contribution < 1.29 is 0 Å². The predicted octanol–water partition coefficient (Wildman–Crippen LogP) is 2.65. The van der Waals surface area contributed by atoms with Gasteiger partial charge in [0.15, 0.2) is 0 Å². The molecule has 1 N–H and O–H groups in total. The van der Waals surface area contributed by atoms with Crippen LogP contribution in [0.4, 0.5) is 0 Å². The molecule has 0 aliphatic carbocycles. The van der Waals surface area contributed by atoms with Crippen molar-refractivity contribution in [3.05, 3.63) is 21.3 Å². The Hall–Kier alpha value is 0.300. The van der Waals surface area contributed by atoms with E-state index in [2.05, 4.69) is 11.4 Å². The number of halogens is 1. The van der Waals surface area contributed by atoms with Gasteiger partial charge in [0.25, 0.3) is 0 Å². The molecule has 0 atom stereocenters. The first-order valence-corrected chi connectivity index (χ1v) is 6.75. The lowest BCUT2D eigenvalue weighted by Crippen LogP contribution is -2.41. The van der Waals surface area contributed by atoms with E-state index in [0.717, 1.165) is 23.3 Å². The van der Waals surface area contributed by atoms with Gasteiger partial charge in [0.05, 0.1) is 4.34 Å². The van der Waals surface area contributed by atoms with E-state index < -0.39 is 0 Å². The Kier molecular flexibility index (Phi) is 3.55. The summed E-state index contributed by atoms with van der Waals surface area (Å²) in [5, 5.41) is 3.52. The summed E-state index contributed by atoms with van der Waals surface area (Å²) in [4.78, 5) is 1.38. The molecule has 13 heavy (non-hydrogen) atoms. The van der Waals surface area contributed by atoms with E-state index in [-0.39, 0.29) is 0 Å². The van der Waals surface area contributed by atoms with Crippen LogP contribution in [0.5, 0.6) is 0 Å². The Morgan fingerprint density at radius 1 is 1.46 bits per heavy atom. The Morgan fingerprint density at radius 3 is 2.85 bits per heavy atom. The molecular weight excluding hydrogens is 222 g/mol. The van der Waals surface area contributed by atoms with Crippen LogP contribution >= 0.6 is 34.7 Å². The standard InChI is InChI=1S/C9H12ClNS2/c10-9-2-1-8(13-9)3-4-11-7-5-12-6-7/h1-2,7,11H,3-6H2. The molecule has 1 aromatic heterocycles. The summed E-state index contributed by atoms with van der Waals surface area (Å²) < 4.78 is 0.897. The van der Waals surface area contributed by atoms with Gasteiger partial charge in [0, 0.05) is 29.0 Å². The van der Waals surface area contributed by atoms with E-state index in [4.69, 9.17) is 11.6 Å². The number of thiophene rings is 1. The number of nitrogens with one attached hydrogen (secondary N) is 1. The fourth-order valence-electron chi connectivity index (χ4n) is 1.24. The minimum Gasteiger partial charge on any atom is -0.312 e. The Labute approximate surface area is 91.9 Å². The summed E-state index contributed by atoms with van der Waals surface area (Å²) >= 11 is 9.53. The number of hydrogen-bond acceptors (Lipinski definition) is 3. The molecule has 1 aliphatic heterocycles. The summed E-state index contributed by atoms with van der Waals surface area (Å²) in [6, 6.07) is 4.85. The average Bonchev–Trinajstić information content (AvgIpc) is 2.42. The Bertz CT molecular complexity index is 270. The zero-order valence-corrected chi connectivity index (χ0v) is 9.64. The minimum absolute atomic E-state index is 0.764. The Balaban J connectivity index is 1.67. The molecule has 1 aliphatic rings. The molecule has 1 fully saturated rings. The quantitative estimate of drug-likeness (QED) is 0.858. The monoisotopic (exact) mass is 233 g/mol. The van der Waals surface area contributed by atoms with Crippen molar-refractivity contribution in [2.45, 2.75) is 12.5 Å². The molecule has 72 valence electrons. The lowest BCUT2D eigenvalue weighted by atomic mass is 10.3. The lowest BCUT2D eigenvalue weighted by molar-refractivity contribution is 0.587. The molecule has 2 rings (SSSR count). The fourth-order valence-corrected chi connectivity index (χ4v) is 3.03. The molecule has 0 saturated carbocycles. The third kappa shape index (κ3) is 2.88. The van der Waals surface area contributed by atoms with E-state index in [1.165, 1.54) is 16.4 Å². The smallest absolute Gasteiger partial charge is 0.0931 e. The SMILES string of the molecule is Clc1ccc(CCNC2CSC2)s1. The number of thioether (sulfide) groups is 1.